The highest BCUT2D eigenvalue weighted by atomic mass is 16.5. The minimum absolute atomic E-state index is 0.0261. The van der Waals surface area contributed by atoms with Crippen LogP contribution in [0.1, 0.15) is 23.6 Å². The first-order chi connectivity index (χ1) is 13.5. The summed E-state index contributed by atoms with van der Waals surface area (Å²) in [5.74, 6) is 0.208. The van der Waals surface area contributed by atoms with Crippen molar-refractivity contribution in [2.24, 2.45) is 0 Å². The van der Waals surface area contributed by atoms with Gasteiger partial charge in [-0.15, -0.1) is 0 Å². The summed E-state index contributed by atoms with van der Waals surface area (Å²) in [5.41, 5.74) is 3.52. The van der Waals surface area contributed by atoms with Crippen LogP contribution >= 0.6 is 0 Å². The van der Waals surface area contributed by atoms with Gasteiger partial charge in [0.15, 0.2) is 0 Å². The minimum atomic E-state index is -0.438. The predicted octanol–water partition coefficient (Wildman–Crippen LogP) is 5.40. The fraction of sp³-hybridized carbons (Fsp3) is 0.167. The highest BCUT2D eigenvalue weighted by Crippen LogP contribution is 2.30. The number of carbonyl (C=O) groups excluding carboxylic acids is 1. The standard InChI is InChI=1S/C24H22N2O2/c1-4-28-23-13-12-18-9-5-6-10-20(18)21(23)14-19(15-25)24(27)26-22-11-7-8-16(2)17(22)3/h5-14H,4H2,1-3H3,(H,26,27)/b19-14+. The van der Waals surface area contributed by atoms with E-state index in [9.17, 15) is 10.1 Å². The molecule has 0 spiro atoms. The van der Waals surface area contributed by atoms with E-state index in [4.69, 9.17) is 4.74 Å². The maximum atomic E-state index is 12.8. The predicted molar refractivity (Wildman–Crippen MR) is 113 cm³/mol. The van der Waals surface area contributed by atoms with Crippen molar-refractivity contribution >= 4 is 28.4 Å². The Bertz CT molecular complexity index is 1110. The van der Waals surface area contributed by atoms with Crippen LogP contribution in [-0.4, -0.2) is 12.5 Å². The second kappa shape index (κ2) is 8.41. The monoisotopic (exact) mass is 370 g/mol. The van der Waals surface area contributed by atoms with Gasteiger partial charge in [-0.2, -0.15) is 5.26 Å². The molecule has 0 bridgehead atoms. The van der Waals surface area contributed by atoms with Gasteiger partial charge < -0.3 is 10.1 Å². The molecule has 1 N–H and O–H groups in total. The molecule has 0 radical (unpaired) electrons. The van der Waals surface area contributed by atoms with Crippen LogP contribution in [0.25, 0.3) is 16.8 Å². The Labute approximate surface area is 165 Å². The number of hydrogen-bond acceptors (Lipinski definition) is 3. The molecule has 3 aromatic carbocycles. The molecule has 0 aromatic heterocycles. The van der Waals surface area contributed by atoms with E-state index in [-0.39, 0.29) is 5.57 Å². The molecule has 0 saturated carbocycles. The van der Waals surface area contributed by atoms with Crippen molar-refractivity contribution in [3.05, 3.63) is 76.9 Å². The number of anilines is 1. The highest BCUT2D eigenvalue weighted by Gasteiger charge is 2.14. The average Bonchev–Trinajstić information content (AvgIpc) is 2.70. The van der Waals surface area contributed by atoms with Gasteiger partial charge >= 0.3 is 0 Å². The number of hydrogen-bond donors (Lipinski definition) is 1. The summed E-state index contributed by atoms with van der Waals surface area (Å²) in [4.78, 5) is 12.8. The van der Waals surface area contributed by atoms with Gasteiger partial charge in [-0.05, 0) is 60.9 Å². The molecule has 140 valence electrons. The molecule has 0 aliphatic heterocycles. The first kappa shape index (κ1) is 19.2. The zero-order chi connectivity index (χ0) is 20.1. The molecular formula is C24H22N2O2. The van der Waals surface area contributed by atoms with E-state index in [1.807, 2.05) is 81.4 Å². The van der Waals surface area contributed by atoms with Gasteiger partial charge in [0.25, 0.3) is 5.91 Å². The van der Waals surface area contributed by atoms with Crippen molar-refractivity contribution in [3.8, 4) is 11.8 Å². The molecule has 0 aliphatic carbocycles. The summed E-state index contributed by atoms with van der Waals surface area (Å²) < 4.78 is 5.74. The number of nitriles is 1. The Kier molecular flexibility index (Phi) is 5.76. The quantitative estimate of drug-likeness (QED) is 0.483. The fourth-order valence-corrected chi connectivity index (χ4v) is 3.07. The first-order valence-corrected chi connectivity index (χ1v) is 9.19. The lowest BCUT2D eigenvalue weighted by atomic mass is 10.0. The van der Waals surface area contributed by atoms with Gasteiger partial charge in [0.1, 0.15) is 17.4 Å². The van der Waals surface area contributed by atoms with Gasteiger partial charge in [-0.25, -0.2) is 0 Å². The number of nitrogens with zero attached hydrogens (tertiary/aromatic N) is 1. The number of amides is 1. The lowest BCUT2D eigenvalue weighted by molar-refractivity contribution is -0.112. The summed E-state index contributed by atoms with van der Waals surface area (Å²) in [7, 11) is 0. The smallest absolute Gasteiger partial charge is 0.266 e. The first-order valence-electron chi connectivity index (χ1n) is 9.19. The summed E-state index contributed by atoms with van der Waals surface area (Å²) in [5, 5.41) is 14.4. The van der Waals surface area contributed by atoms with E-state index < -0.39 is 5.91 Å². The second-order valence-corrected chi connectivity index (χ2v) is 6.50. The number of carbonyl (C=O) groups is 1. The van der Waals surface area contributed by atoms with Crippen molar-refractivity contribution in [1.29, 1.82) is 5.26 Å². The van der Waals surface area contributed by atoms with Crippen LogP contribution in [0.15, 0.2) is 60.2 Å². The van der Waals surface area contributed by atoms with Crippen LogP contribution in [-0.2, 0) is 4.79 Å². The zero-order valence-corrected chi connectivity index (χ0v) is 16.2. The maximum Gasteiger partial charge on any atom is 0.266 e. The van der Waals surface area contributed by atoms with Crippen molar-refractivity contribution in [2.75, 3.05) is 11.9 Å². The molecular weight excluding hydrogens is 348 g/mol. The molecule has 28 heavy (non-hydrogen) atoms. The number of rotatable bonds is 5. The molecule has 0 atom stereocenters. The van der Waals surface area contributed by atoms with E-state index in [1.165, 1.54) is 0 Å². The lowest BCUT2D eigenvalue weighted by Crippen LogP contribution is -2.14. The molecule has 1 amide bonds. The van der Waals surface area contributed by atoms with Crippen LogP contribution in [0.2, 0.25) is 0 Å². The molecule has 0 aliphatic rings. The van der Waals surface area contributed by atoms with E-state index >= 15 is 0 Å². The Morgan fingerprint density at radius 2 is 1.89 bits per heavy atom. The normalized spacial score (nSPS) is 11.1. The SMILES string of the molecule is CCOc1ccc2ccccc2c1/C=C(\C#N)C(=O)Nc1cccc(C)c1C. The number of ether oxygens (including phenoxy) is 1. The number of fused-ring (bicyclic) bond motifs is 1. The molecule has 0 unspecified atom stereocenters. The zero-order valence-electron chi connectivity index (χ0n) is 16.2. The van der Waals surface area contributed by atoms with Gasteiger partial charge in [0.05, 0.1) is 6.61 Å². The fourth-order valence-electron chi connectivity index (χ4n) is 3.07. The topological polar surface area (TPSA) is 62.1 Å². The third-order valence-electron chi connectivity index (χ3n) is 4.74. The van der Waals surface area contributed by atoms with E-state index in [0.717, 1.165) is 27.5 Å². The van der Waals surface area contributed by atoms with E-state index in [1.54, 1.807) is 6.08 Å². The average molecular weight is 370 g/mol. The highest BCUT2D eigenvalue weighted by molar-refractivity contribution is 6.11. The van der Waals surface area contributed by atoms with E-state index in [2.05, 4.69) is 5.32 Å². The number of nitrogens with one attached hydrogen (secondary N) is 1. The Morgan fingerprint density at radius 1 is 1.11 bits per heavy atom. The molecule has 3 rings (SSSR count). The van der Waals surface area contributed by atoms with Gasteiger partial charge in [-0.3, -0.25) is 4.79 Å². The summed E-state index contributed by atoms with van der Waals surface area (Å²) in [6, 6.07) is 19.4. The lowest BCUT2D eigenvalue weighted by Gasteiger charge is -2.12. The maximum absolute atomic E-state index is 12.8. The molecule has 0 saturated heterocycles. The summed E-state index contributed by atoms with van der Waals surface area (Å²) >= 11 is 0. The Balaban J connectivity index is 2.05. The van der Waals surface area contributed by atoms with Crippen LogP contribution < -0.4 is 10.1 Å². The molecule has 0 fully saturated rings. The number of benzene rings is 3. The van der Waals surface area contributed by atoms with Crippen LogP contribution in [0, 0.1) is 25.2 Å². The van der Waals surface area contributed by atoms with Crippen LogP contribution in [0.3, 0.4) is 0 Å². The van der Waals surface area contributed by atoms with Crippen molar-refractivity contribution in [3.63, 3.8) is 0 Å². The van der Waals surface area contributed by atoms with Gasteiger partial charge in [0, 0.05) is 11.3 Å². The van der Waals surface area contributed by atoms with Crippen molar-refractivity contribution in [2.45, 2.75) is 20.8 Å². The minimum Gasteiger partial charge on any atom is -0.493 e. The third kappa shape index (κ3) is 3.89. The second-order valence-electron chi connectivity index (χ2n) is 6.50. The third-order valence-corrected chi connectivity index (χ3v) is 4.74. The summed E-state index contributed by atoms with van der Waals surface area (Å²) in [6.45, 7) is 6.33. The Hall–Kier alpha value is -3.58. The summed E-state index contributed by atoms with van der Waals surface area (Å²) in [6.07, 6.45) is 1.60. The molecule has 4 heteroatoms. The largest absolute Gasteiger partial charge is 0.493 e. The van der Waals surface area contributed by atoms with Crippen LogP contribution in [0.5, 0.6) is 5.75 Å². The van der Waals surface area contributed by atoms with Gasteiger partial charge in [0.2, 0.25) is 0 Å². The molecule has 0 heterocycles. The van der Waals surface area contributed by atoms with E-state index in [0.29, 0.717) is 18.0 Å². The van der Waals surface area contributed by atoms with Crippen molar-refractivity contribution < 1.29 is 9.53 Å². The molecule has 3 aromatic rings. The van der Waals surface area contributed by atoms with Crippen molar-refractivity contribution in [1.82, 2.24) is 0 Å². The van der Waals surface area contributed by atoms with Crippen LogP contribution in [0.4, 0.5) is 5.69 Å². The molecule has 4 nitrogen and oxygen atoms in total. The van der Waals surface area contributed by atoms with Gasteiger partial charge in [-0.1, -0.05) is 42.5 Å². The number of aryl methyl sites for hydroxylation is 1. The Morgan fingerprint density at radius 3 is 2.64 bits per heavy atom.